The molecule has 0 unspecified atom stereocenters. The highest BCUT2D eigenvalue weighted by atomic mass is 16.5. The highest BCUT2D eigenvalue weighted by molar-refractivity contribution is 5.74. The first kappa shape index (κ1) is 13.8. The standard InChI is InChI=1S/C8H11NO.C7H6O/c1-9-7-3-5-8(10-2)6-4-7;8-6-7-4-2-1-3-5-7/h3-6,9H,1-2H3;1-6H. The molecule has 0 aliphatic heterocycles. The van der Waals surface area contributed by atoms with Crippen LogP contribution in [0.2, 0.25) is 0 Å². The van der Waals surface area contributed by atoms with Gasteiger partial charge < -0.3 is 10.1 Å². The van der Waals surface area contributed by atoms with Gasteiger partial charge in [-0.25, -0.2) is 0 Å². The van der Waals surface area contributed by atoms with E-state index in [1.807, 2.05) is 49.5 Å². The lowest BCUT2D eigenvalue weighted by Crippen LogP contribution is -1.87. The summed E-state index contributed by atoms with van der Waals surface area (Å²) in [6, 6.07) is 16.9. The number of aldehydes is 1. The lowest BCUT2D eigenvalue weighted by Gasteiger charge is -2.00. The van der Waals surface area contributed by atoms with E-state index in [1.54, 1.807) is 19.2 Å². The van der Waals surface area contributed by atoms with Crippen molar-refractivity contribution in [2.24, 2.45) is 0 Å². The van der Waals surface area contributed by atoms with E-state index in [9.17, 15) is 4.79 Å². The first-order chi connectivity index (χ1) is 8.80. The zero-order valence-corrected chi connectivity index (χ0v) is 10.6. The maximum absolute atomic E-state index is 10.0. The van der Waals surface area contributed by atoms with Gasteiger partial charge in [-0.1, -0.05) is 30.3 Å². The van der Waals surface area contributed by atoms with Crippen LogP contribution in [-0.2, 0) is 0 Å². The molecule has 94 valence electrons. The molecule has 0 heterocycles. The second kappa shape index (κ2) is 7.90. The van der Waals surface area contributed by atoms with Crippen LogP contribution >= 0.6 is 0 Å². The van der Waals surface area contributed by atoms with Crippen LogP contribution in [-0.4, -0.2) is 20.4 Å². The van der Waals surface area contributed by atoms with Gasteiger partial charge in [-0.05, 0) is 24.3 Å². The van der Waals surface area contributed by atoms with Gasteiger partial charge in [0.2, 0.25) is 0 Å². The largest absolute Gasteiger partial charge is 0.497 e. The summed E-state index contributed by atoms with van der Waals surface area (Å²) in [7, 11) is 3.55. The van der Waals surface area contributed by atoms with E-state index in [0.717, 1.165) is 23.3 Å². The molecule has 3 heteroatoms. The number of nitrogens with one attached hydrogen (secondary N) is 1. The fourth-order valence-corrected chi connectivity index (χ4v) is 1.29. The highest BCUT2D eigenvalue weighted by Crippen LogP contribution is 2.13. The van der Waals surface area contributed by atoms with Crippen molar-refractivity contribution in [3.8, 4) is 5.75 Å². The molecule has 18 heavy (non-hydrogen) atoms. The van der Waals surface area contributed by atoms with Crippen molar-refractivity contribution in [3.05, 3.63) is 60.2 Å². The third-order valence-corrected chi connectivity index (χ3v) is 2.31. The molecule has 0 fully saturated rings. The fraction of sp³-hybridized carbons (Fsp3) is 0.133. The minimum Gasteiger partial charge on any atom is -0.497 e. The molecule has 0 radical (unpaired) electrons. The molecule has 0 saturated heterocycles. The van der Waals surface area contributed by atoms with Crippen molar-refractivity contribution in [3.63, 3.8) is 0 Å². The minimum atomic E-state index is 0.729. The second-order valence-corrected chi connectivity index (χ2v) is 3.51. The van der Waals surface area contributed by atoms with Gasteiger partial charge in [-0.2, -0.15) is 0 Å². The molecule has 0 atom stereocenters. The SMILES string of the molecule is CNc1ccc(OC)cc1.O=Cc1ccccc1. The van der Waals surface area contributed by atoms with E-state index in [1.165, 1.54) is 0 Å². The number of ether oxygens (including phenoxy) is 1. The smallest absolute Gasteiger partial charge is 0.150 e. The average Bonchev–Trinajstić information content (AvgIpc) is 2.49. The van der Waals surface area contributed by atoms with E-state index in [-0.39, 0.29) is 0 Å². The second-order valence-electron chi connectivity index (χ2n) is 3.51. The van der Waals surface area contributed by atoms with Gasteiger partial charge in [-0.15, -0.1) is 0 Å². The van der Waals surface area contributed by atoms with Crippen LogP contribution in [0.1, 0.15) is 10.4 Å². The van der Waals surface area contributed by atoms with Gasteiger partial charge in [0.05, 0.1) is 7.11 Å². The summed E-state index contributed by atoms with van der Waals surface area (Å²) in [5.74, 6) is 0.888. The van der Waals surface area contributed by atoms with Crippen LogP contribution in [0, 0.1) is 0 Å². The molecule has 2 aromatic rings. The molecule has 2 rings (SSSR count). The molecule has 1 N–H and O–H groups in total. The van der Waals surface area contributed by atoms with Crippen molar-refractivity contribution in [1.29, 1.82) is 0 Å². The number of carbonyl (C=O) groups excluding carboxylic acids is 1. The molecule has 0 spiro atoms. The lowest BCUT2D eigenvalue weighted by molar-refractivity contribution is 0.112. The molecule has 3 nitrogen and oxygen atoms in total. The summed E-state index contributed by atoms with van der Waals surface area (Å²) in [4.78, 5) is 10.0. The fourth-order valence-electron chi connectivity index (χ4n) is 1.29. The first-order valence-electron chi connectivity index (χ1n) is 5.62. The van der Waals surface area contributed by atoms with Gasteiger partial charge in [0, 0.05) is 18.3 Å². The van der Waals surface area contributed by atoms with Gasteiger partial charge in [-0.3, -0.25) is 4.79 Å². The third-order valence-electron chi connectivity index (χ3n) is 2.31. The molecule has 0 aliphatic carbocycles. The Kier molecular flexibility index (Phi) is 6.04. The van der Waals surface area contributed by atoms with E-state index < -0.39 is 0 Å². The lowest BCUT2D eigenvalue weighted by atomic mass is 10.2. The minimum absolute atomic E-state index is 0.729. The number of hydrogen-bond donors (Lipinski definition) is 1. The Morgan fingerprint density at radius 2 is 1.61 bits per heavy atom. The molecule has 0 aromatic heterocycles. The van der Waals surface area contributed by atoms with Crippen molar-refractivity contribution in [2.75, 3.05) is 19.5 Å². The normalized spacial score (nSPS) is 8.78. The number of anilines is 1. The molecule has 0 saturated carbocycles. The topological polar surface area (TPSA) is 38.3 Å². The van der Waals surface area contributed by atoms with Crippen LogP contribution in [0.3, 0.4) is 0 Å². The van der Waals surface area contributed by atoms with Crippen LogP contribution < -0.4 is 10.1 Å². The van der Waals surface area contributed by atoms with E-state index in [0.29, 0.717) is 0 Å². The van der Waals surface area contributed by atoms with Gasteiger partial charge in [0.15, 0.2) is 0 Å². The monoisotopic (exact) mass is 243 g/mol. The van der Waals surface area contributed by atoms with Gasteiger partial charge >= 0.3 is 0 Å². The zero-order valence-electron chi connectivity index (χ0n) is 10.6. The van der Waals surface area contributed by atoms with Gasteiger partial charge in [0.25, 0.3) is 0 Å². The number of carbonyl (C=O) groups is 1. The predicted molar refractivity (Wildman–Crippen MR) is 74.4 cm³/mol. The molecule has 0 bridgehead atoms. The average molecular weight is 243 g/mol. The van der Waals surface area contributed by atoms with Crippen molar-refractivity contribution >= 4 is 12.0 Å². The van der Waals surface area contributed by atoms with Crippen LogP contribution in [0.4, 0.5) is 5.69 Å². The predicted octanol–water partition coefficient (Wildman–Crippen LogP) is 3.24. The Morgan fingerprint density at radius 3 is 2.00 bits per heavy atom. The number of benzene rings is 2. The number of methoxy groups -OCH3 is 1. The molecule has 2 aromatic carbocycles. The Labute approximate surface area is 107 Å². The Morgan fingerprint density at radius 1 is 1.00 bits per heavy atom. The third kappa shape index (κ3) is 4.70. The van der Waals surface area contributed by atoms with Crippen LogP contribution in [0.25, 0.3) is 0 Å². The summed E-state index contributed by atoms with van der Waals surface area (Å²) in [5.41, 5.74) is 1.83. The summed E-state index contributed by atoms with van der Waals surface area (Å²) in [6.45, 7) is 0. The maximum Gasteiger partial charge on any atom is 0.150 e. The Balaban J connectivity index is 0.000000184. The zero-order chi connectivity index (χ0) is 13.2. The summed E-state index contributed by atoms with van der Waals surface area (Å²) in [5, 5.41) is 3.02. The van der Waals surface area contributed by atoms with Crippen molar-refractivity contribution in [2.45, 2.75) is 0 Å². The van der Waals surface area contributed by atoms with Gasteiger partial charge in [0.1, 0.15) is 12.0 Å². The summed E-state index contributed by atoms with van der Waals surface area (Å²) >= 11 is 0. The summed E-state index contributed by atoms with van der Waals surface area (Å²) in [6.07, 6.45) is 0.833. The number of hydrogen-bond acceptors (Lipinski definition) is 3. The first-order valence-corrected chi connectivity index (χ1v) is 5.62. The molecule has 0 aliphatic rings. The Bertz CT molecular complexity index is 429. The molecule has 0 amide bonds. The maximum atomic E-state index is 10.0. The Hall–Kier alpha value is -2.29. The van der Waals surface area contributed by atoms with E-state index >= 15 is 0 Å². The van der Waals surface area contributed by atoms with Crippen molar-refractivity contribution in [1.82, 2.24) is 0 Å². The quantitative estimate of drug-likeness (QED) is 0.841. The van der Waals surface area contributed by atoms with Crippen molar-refractivity contribution < 1.29 is 9.53 Å². The molecular formula is C15H17NO2. The van der Waals surface area contributed by atoms with Crippen LogP contribution in [0.15, 0.2) is 54.6 Å². The van der Waals surface area contributed by atoms with E-state index in [2.05, 4.69) is 5.32 Å². The van der Waals surface area contributed by atoms with E-state index in [4.69, 9.17) is 4.74 Å². The number of rotatable bonds is 3. The highest BCUT2D eigenvalue weighted by Gasteiger charge is 1.88. The summed E-state index contributed by atoms with van der Waals surface area (Å²) < 4.78 is 4.99. The molecular weight excluding hydrogens is 226 g/mol. The van der Waals surface area contributed by atoms with Crippen LogP contribution in [0.5, 0.6) is 5.75 Å².